The standard InChI is InChI=1S/C12H24N2O2/c1-4-9-13-12(15)8-7-10-16-14-11(5-2)6-3/h4-10H2,1-3H3,(H,13,15). The van der Waals surface area contributed by atoms with E-state index in [4.69, 9.17) is 4.84 Å². The van der Waals surface area contributed by atoms with Crippen LogP contribution in [0, 0.1) is 0 Å². The van der Waals surface area contributed by atoms with Crippen molar-refractivity contribution in [2.75, 3.05) is 13.2 Å². The van der Waals surface area contributed by atoms with E-state index in [1.165, 1.54) is 0 Å². The molecular formula is C12H24N2O2. The summed E-state index contributed by atoms with van der Waals surface area (Å²) in [6.07, 6.45) is 4.06. The Morgan fingerprint density at radius 3 is 2.50 bits per heavy atom. The van der Waals surface area contributed by atoms with Crippen LogP contribution in [-0.4, -0.2) is 24.8 Å². The molecule has 0 aliphatic rings. The first kappa shape index (κ1) is 14.9. The number of carbonyl (C=O) groups is 1. The van der Waals surface area contributed by atoms with Crippen molar-refractivity contribution in [3.63, 3.8) is 0 Å². The zero-order chi connectivity index (χ0) is 12.2. The first-order chi connectivity index (χ1) is 7.74. The van der Waals surface area contributed by atoms with Gasteiger partial charge in [-0.25, -0.2) is 0 Å². The lowest BCUT2D eigenvalue weighted by Crippen LogP contribution is -2.23. The smallest absolute Gasteiger partial charge is 0.220 e. The van der Waals surface area contributed by atoms with Crippen molar-refractivity contribution in [1.82, 2.24) is 5.32 Å². The highest BCUT2D eigenvalue weighted by molar-refractivity contribution is 5.83. The van der Waals surface area contributed by atoms with Gasteiger partial charge in [0.2, 0.25) is 5.91 Å². The molecule has 1 N–H and O–H groups in total. The van der Waals surface area contributed by atoms with Crippen LogP contribution in [-0.2, 0) is 9.63 Å². The lowest BCUT2D eigenvalue weighted by atomic mass is 10.2. The first-order valence-corrected chi connectivity index (χ1v) is 6.18. The summed E-state index contributed by atoms with van der Waals surface area (Å²) in [4.78, 5) is 16.3. The van der Waals surface area contributed by atoms with Crippen LogP contribution in [0.3, 0.4) is 0 Å². The highest BCUT2D eigenvalue weighted by Crippen LogP contribution is 1.95. The average Bonchev–Trinajstić information content (AvgIpc) is 2.31. The van der Waals surface area contributed by atoms with Crippen molar-refractivity contribution in [2.45, 2.75) is 52.9 Å². The number of carbonyl (C=O) groups excluding carboxylic acids is 1. The molecule has 0 bridgehead atoms. The normalized spacial score (nSPS) is 9.69. The minimum atomic E-state index is 0.0978. The SMILES string of the molecule is CCCNC(=O)CCCON=C(CC)CC. The van der Waals surface area contributed by atoms with Crippen LogP contribution in [0.5, 0.6) is 0 Å². The second-order valence-corrected chi connectivity index (χ2v) is 3.65. The molecular weight excluding hydrogens is 204 g/mol. The van der Waals surface area contributed by atoms with Crippen LogP contribution >= 0.6 is 0 Å². The molecule has 0 aliphatic heterocycles. The maximum absolute atomic E-state index is 11.2. The minimum absolute atomic E-state index is 0.0978. The Balaban J connectivity index is 3.45. The van der Waals surface area contributed by atoms with Gasteiger partial charge in [0.05, 0.1) is 5.71 Å². The van der Waals surface area contributed by atoms with E-state index in [0.717, 1.165) is 37.9 Å². The van der Waals surface area contributed by atoms with E-state index in [0.29, 0.717) is 13.0 Å². The largest absolute Gasteiger partial charge is 0.396 e. The highest BCUT2D eigenvalue weighted by atomic mass is 16.6. The number of oxime groups is 1. The molecule has 4 nitrogen and oxygen atoms in total. The predicted octanol–water partition coefficient (Wildman–Crippen LogP) is 2.49. The number of hydrogen-bond donors (Lipinski definition) is 1. The molecule has 0 spiro atoms. The molecule has 16 heavy (non-hydrogen) atoms. The monoisotopic (exact) mass is 228 g/mol. The molecule has 0 unspecified atom stereocenters. The van der Waals surface area contributed by atoms with Gasteiger partial charge in [-0.3, -0.25) is 4.79 Å². The summed E-state index contributed by atoms with van der Waals surface area (Å²) in [5.41, 5.74) is 1.07. The quantitative estimate of drug-likeness (QED) is 0.374. The van der Waals surface area contributed by atoms with Gasteiger partial charge < -0.3 is 10.2 Å². The van der Waals surface area contributed by atoms with E-state index in [1.807, 2.05) is 6.92 Å². The average molecular weight is 228 g/mol. The van der Waals surface area contributed by atoms with E-state index < -0.39 is 0 Å². The molecule has 0 rings (SSSR count). The summed E-state index contributed by atoms with van der Waals surface area (Å²) in [7, 11) is 0. The van der Waals surface area contributed by atoms with Crippen LogP contribution in [0.1, 0.15) is 52.9 Å². The lowest BCUT2D eigenvalue weighted by molar-refractivity contribution is -0.121. The van der Waals surface area contributed by atoms with E-state index in [2.05, 4.69) is 24.3 Å². The summed E-state index contributed by atoms with van der Waals surface area (Å²) in [6, 6.07) is 0. The number of hydrogen-bond acceptors (Lipinski definition) is 3. The van der Waals surface area contributed by atoms with Gasteiger partial charge in [-0.2, -0.15) is 0 Å². The van der Waals surface area contributed by atoms with E-state index in [1.54, 1.807) is 0 Å². The summed E-state index contributed by atoms with van der Waals surface area (Å²) in [6.45, 7) is 7.43. The van der Waals surface area contributed by atoms with Crippen LogP contribution < -0.4 is 5.32 Å². The maximum Gasteiger partial charge on any atom is 0.220 e. The summed E-state index contributed by atoms with van der Waals surface area (Å²) < 4.78 is 0. The molecule has 0 saturated carbocycles. The van der Waals surface area contributed by atoms with E-state index in [9.17, 15) is 4.79 Å². The third-order valence-corrected chi connectivity index (χ3v) is 2.22. The second kappa shape index (κ2) is 10.5. The fourth-order valence-electron chi connectivity index (χ4n) is 1.17. The number of rotatable bonds is 9. The Kier molecular flexibility index (Phi) is 9.76. The van der Waals surface area contributed by atoms with Gasteiger partial charge >= 0.3 is 0 Å². The van der Waals surface area contributed by atoms with Crippen molar-refractivity contribution in [2.24, 2.45) is 5.16 Å². The van der Waals surface area contributed by atoms with Gasteiger partial charge in [-0.05, 0) is 25.7 Å². The molecule has 0 radical (unpaired) electrons. The fourth-order valence-corrected chi connectivity index (χ4v) is 1.17. The van der Waals surface area contributed by atoms with Crippen molar-refractivity contribution >= 4 is 11.6 Å². The van der Waals surface area contributed by atoms with Gasteiger partial charge in [0, 0.05) is 13.0 Å². The molecule has 0 aromatic rings. The Morgan fingerprint density at radius 2 is 1.94 bits per heavy atom. The Bertz CT molecular complexity index is 209. The van der Waals surface area contributed by atoms with Gasteiger partial charge in [0.25, 0.3) is 0 Å². The van der Waals surface area contributed by atoms with E-state index >= 15 is 0 Å². The Hall–Kier alpha value is -1.06. The van der Waals surface area contributed by atoms with Gasteiger partial charge in [-0.1, -0.05) is 25.9 Å². The Morgan fingerprint density at radius 1 is 1.25 bits per heavy atom. The van der Waals surface area contributed by atoms with Crippen molar-refractivity contribution in [3.05, 3.63) is 0 Å². The van der Waals surface area contributed by atoms with Crippen molar-refractivity contribution in [3.8, 4) is 0 Å². The van der Waals surface area contributed by atoms with Crippen LogP contribution in [0.25, 0.3) is 0 Å². The van der Waals surface area contributed by atoms with Crippen LogP contribution in [0.4, 0.5) is 0 Å². The molecule has 0 aromatic heterocycles. The van der Waals surface area contributed by atoms with Crippen LogP contribution in [0.2, 0.25) is 0 Å². The summed E-state index contributed by atoms with van der Waals surface area (Å²) in [5, 5.41) is 6.83. The lowest BCUT2D eigenvalue weighted by Gasteiger charge is -2.03. The first-order valence-electron chi connectivity index (χ1n) is 6.18. The molecule has 0 atom stereocenters. The number of nitrogens with zero attached hydrogens (tertiary/aromatic N) is 1. The number of nitrogens with one attached hydrogen (secondary N) is 1. The zero-order valence-corrected chi connectivity index (χ0v) is 10.7. The van der Waals surface area contributed by atoms with Crippen molar-refractivity contribution in [1.29, 1.82) is 0 Å². The molecule has 4 heteroatoms. The third-order valence-electron chi connectivity index (χ3n) is 2.22. The summed E-state index contributed by atoms with van der Waals surface area (Å²) >= 11 is 0. The molecule has 94 valence electrons. The summed E-state index contributed by atoms with van der Waals surface area (Å²) in [5.74, 6) is 0.0978. The highest BCUT2D eigenvalue weighted by Gasteiger charge is 1.99. The maximum atomic E-state index is 11.2. The van der Waals surface area contributed by atoms with Gasteiger partial charge in [0.1, 0.15) is 6.61 Å². The predicted molar refractivity (Wildman–Crippen MR) is 66.5 cm³/mol. The van der Waals surface area contributed by atoms with Gasteiger partial charge in [0.15, 0.2) is 0 Å². The minimum Gasteiger partial charge on any atom is -0.396 e. The fraction of sp³-hybridized carbons (Fsp3) is 0.833. The molecule has 0 aliphatic carbocycles. The molecule has 0 aromatic carbocycles. The Labute approximate surface area is 98.4 Å². The topological polar surface area (TPSA) is 50.7 Å². The molecule has 0 fully saturated rings. The zero-order valence-electron chi connectivity index (χ0n) is 10.7. The van der Waals surface area contributed by atoms with Gasteiger partial charge in [-0.15, -0.1) is 0 Å². The second-order valence-electron chi connectivity index (χ2n) is 3.65. The molecule has 0 heterocycles. The van der Waals surface area contributed by atoms with E-state index in [-0.39, 0.29) is 5.91 Å². The number of amides is 1. The van der Waals surface area contributed by atoms with Crippen LogP contribution in [0.15, 0.2) is 5.16 Å². The molecule has 1 amide bonds. The van der Waals surface area contributed by atoms with Crippen molar-refractivity contribution < 1.29 is 9.63 Å². The third kappa shape index (κ3) is 8.26. The molecule has 0 saturated heterocycles.